The van der Waals surface area contributed by atoms with Gasteiger partial charge in [-0.05, 0) is 96.4 Å². The predicted octanol–water partition coefficient (Wildman–Crippen LogP) is 6.49. The third kappa shape index (κ3) is 2.42. The molecule has 2 bridgehead atoms. The Morgan fingerprint density at radius 2 is 2.03 bits per heavy atom. The molecule has 3 unspecified atom stereocenters. The molecule has 3 fully saturated rings. The molecule has 1 aromatic carbocycles. The second-order valence-electron chi connectivity index (χ2n) is 11.3. The van der Waals surface area contributed by atoms with E-state index in [0.29, 0.717) is 17.9 Å². The van der Waals surface area contributed by atoms with Gasteiger partial charge in [0.05, 0.1) is 17.3 Å². The largest absolute Gasteiger partial charge is 0.381 e. The van der Waals surface area contributed by atoms with E-state index in [1.54, 1.807) is 5.57 Å². The number of aromatic nitrogens is 1. The van der Waals surface area contributed by atoms with Gasteiger partial charge in [0, 0.05) is 31.3 Å². The van der Waals surface area contributed by atoms with Crippen molar-refractivity contribution in [2.75, 3.05) is 7.11 Å². The highest BCUT2D eigenvalue weighted by Crippen LogP contribution is 2.69. The van der Waals surface area contributed by atoms with E-state index in [-0.39, 0.29) is 16.6 Å². The lowest BCUT2D eigenvalue weighted by Gasteiger charge is -2.54. The van der Waals surface area contributed by atoms with Crippen molar-refractivity contribution in [1.29, 1.82) is 0 Å². The minimum absolute atomic E-state index is 0.0682. The van der Waals surface area contributed by atoms with Crippen LogP contribution in [0.4, 0.5) is 0 Å². The Kier molecular flexibility index (Phi) is 3.99. The molecule has 7 rings (SSSR count). The normalized spacial score (nSPS) is 42.1. The molecule has 2 spiro atoms. The van der Waals surface area contributed by atoms with Crippen molar-refractivity contribution in [3.8, 4) is 0 Å². The van der Waals surface area contributed by atoms with Gasteiger partial charge in [-0.25, -0.2) is 0 Å². The number of fused-ring (bicyclic) bond motifs is 2. The molecule has 1 aromatic heterocycles. The highest BCUT2D eigenvalue weighted by Gasteiger charge is 2.66. The van der Waals surface area contributed by atoms with Gasteiger partial charge in [0.15, 0.2) is 0 Å². The first kappa shape index (κ1) is 19.5. The number of hydrogen-bond acceptors (Lipinski definition) is 3. The summed E-state index contributed by atoms with van der Waals surface area (Å²) in [5.74, 6) is 1.16. The summed E-state index contributed by atoms with van der Waals surface area (Å²) in [5, 5.41) is 2.54. The molecule has 166 valence electrons. The zero-order valence-electron chi connectivity index (χ0n) is 19.3. The zero-order chi connectivity index (χ0) is 21.6. The van der Waals surface area contributed by atoms with Crippen LogP contribution in [0, 0.1) is 11.3 Å². The predicted molar refractivity (Wildman–Crippen MR) is 127 cm³/mol. The maximum atomic E-state index is 7.32. The lowest BCUT2D eigenvalue weighted by molar-refractivity contribution is -0.147. The average Bonchev–Trinajstić information content (AvgIpc) is 3.33. The monoisotopic (exact) mass is 427 g/mol. The van der Waals surface area contributed by atoms with Crippen LogP contribution in [0.5, 0.6) is 0 Å². The van der Waals surface area contributed by atoms with Crippen molar-refractivity contribution < 1.29 is 9.47 Å². The van der Waals surface area contributed by atoms with Crippen LogP contribution in [0.1, 0.15) is 69.8 Å². The van der Waals surface area contributed by atoms with Gasteiger partial charge in [0.2, 0.25) is 0 Å². The zero-order valence-corrected chi connectivity index (χ0v) is 19.3. The number of ether oxygens (including phenoxy) is 2. The molecule has 0 amide bonds. The van der Waals surface area contributed by atoms with Crippen molar-refractivity contribution in [2.24, 2.45) is 11.3 Å². The summed E-state index contributed by atoms with van der Waals surface area (Å²) >= 11 is 0. The Balaban J connectivity index is 1.29. The maximum Gasteiger partial charge on any atom is 0.0974 e. The van der Waals surface area contributed by atoms with Crippen LogP contribution in [-0.4, -0.2) is 29.4 Å². The molecule has 6 atom stereocenters. The van der Waals surface area contributed by atoms with Crippen molar-refractivity contribution >= 4 is 10.8 Å². The van der Waals surface area contributed by atoms with E-state index in [1.807, 2.05) is 19.5 Å². The average molecular weight is 428 g/mol. The van der Waals surface area contributed by atoms with Gasteiger partial charge >= 0.3 is 0 Å². The molecule has 3 aliphatic carbocycles. The molecule has 2 saturated carbocycles. The van der Waals surface area contributed by atoms with Crippen molar-refractivity contribution in [3.63, 3.8) is 0 Å². The smallest absolute Gasteiger partial charge is 0.0974 e. The van der Waals surface area contributed by atoms with Crippen LogP contribution in [0.25, 0.3) is 10.8 Å². The second-order valence-corrected chi connectivity index (χ2v) is 11.3. The Labute approximate surface area is 190 Å². The topological polar surface area (TPSA) is 31.4 Å². The number of methoxy groups -OCH3 is 1. The fraction of sp³-hybridized carbons (Fsp3) is 0.552. The van der Waals surface area contributed by atoms with Gasteiger partial charge in [-0.3, -0.25) is 4.98 Å². The number of pyridine rings is 1. The molecule has 2 aliphatic heterocycles. The molecule has 3 nitrogen and oxygen atoms in total. The van der Waals surface area contributed by atoms with E-state index < -0.39 is 0 Å². The van der Waals surface area contributed by atoms with Gasteiger partial charge in [-0.2, -0.15) is 0 Å². The molecule has 5 aliphatic rings. The highest BCUT2D eigenvalue weighted by atomic mass is 16.5. The van der Waals surface area contributed by atoms with Gasteiger partial charge in [0.25, 0.3) is 0 Å². The van der Waals surface area contributed by atoms with Crippen molar-refractivity contribution in [2.45, 2.75) is 81.5 Å². The maximum absolute atomic E-state index is 7.32. The standard InChI is InChI=1S/C29H33NO2/c1-27-11-9-23-16-22-5-6-24(31-2)17-28(22)12-13-29(23,32-28)26(27)8-7-25(27)20-4-3-19-10-14-30-18-21(19)15-20/h3-4,9-10,14-16,18,24-26H,5-8,11-13,17H2,1-2H3/t24?,25?,26-,27?,28-,29-/m1/s1. The third-order valence-electron chi connectivity index (χ3n) is 10.0. The fourth-order valence-electron chi connectivity index (χ4n) is 8.43. The Morgan fingerprint density at radius 3 is 2.94 bits per heavy atom. The number of allylic oxidation sites excluding steroid dienone is 1. The summed E-state index contributed by atoms with van der Waals surface area (Å²) in [5.41, 5.74) is 4.62. The van der Waals surface area contributed by atoms with Gasteiger partial charge in [-0.15, -0.1) is 0 Å². The molecule has 0 radical (unpaired) electrons. The minimum atomic E-state index is -0.0840. The van der Waals surface area contributed by atoms with Gasteiger partial charge < -0.3 is 9.47 Å². The quantitative estimate of drug-likeness (QED) is 0.549. The minimum Gasteiger partial charge on any atom is -0.381 e. The van der Waals surface area contributed by atoms with Crippen LogP contribution in [-0.2, 0) is 9.47 Å². The molecule has 3 heterocycles. The summed E-state index contributed by atoms with van der Waals surface area (Å²) in [4.78, 5) is 4.37. The summed E-state index contributed by atoms with van der Waals surface area (Å²) < 4.78 is 13.1. The Morgan fingerprint density at radius 1 is 1.09 bits per heavy atom. The lowest BCUT2D eigenvalue weighted by Crippen LogP contribution is -2.54. The summed E-state index contributed by atoms with van der Waals surface area (Å²) in [6, 6.07) is 9.17. The van der Waals surface area contributed by atoms with E-state index in [2.05, 4.69) is 48.3 Å². The molecule has 3 heteroatoms. The Bertz CT molecular complexity index is 1170. The van der Waals surface area contributed by atoms with E-state index in [1.165, 1.54) is 41.2 Å². The lowest BCUT2D eigenvalue weighted by atomic mass is 9.58. The fourth-order valence-corrected chi connectivity index (χ4v) is 8.43. The van der Waals surface area contributed by atoms with E-state index in [4.69, 9.17) is 9.47 Å². The molecular formula is C29H33NO2. The van der Waals surface area contributed by atoms with Crippen LogP contribution in [0.3, 0.4) is 0 Å². The number of nitrogens with zero attached hydrogens (tertiary/aromatic N) is 1. The van der Waals surface area contributed by atoms with Crippen LogP contribution in [0.15, 0.2) is 60.0 Å². The van der Waals surface area contributed by atoms with Gasteiger partial charge in [0.1, 0.15) is 0 Å². The number of hydrogen-bond donors (Lipinski definition) is 0. The van der Waals surface area contributed by atoms with E-state index in [9.17, 15) is 0 Å². The molecule has 32 heavy (non-hydrogen) atoms. The number of benzene rings is 1. The van der Waals surface area contributed by atoms with Crippen LogP contribution in [0.2, 0.25) is 0 Å². The first-order valence-corrected chi connectivity index (χ1v) is 12.5. The van der Waals surface area contributed by atoms with E-state index in [0.717, 1.165) is 32.1 Å². The first-order valence-electron chi connectivity index (χ1n) is 12.5. The summed E-state index contributed by atoms with van der Waals surface area (Å²) in [7, 11) is 1.87. The van der Waals surface area contributed by atoms with Crippen molar-refractivity contribution in [1.82, 2.24) is 4.98 Å². The Hall–Kier alpha value is -1.97. The van der Waals surface area contributed by atoms with Crippen molar-refractivity contribution in [3.05, 3.63) is 65.5 Å². The third-order valence-corrected chi connectivity index (χ3v) is 10.0. The molecule has 1 saturated heterocycles. The summed E-state index contributed by atoms with van der Waals surface area (Å²) in [6.45, 7) is 2.55. The first-order chi connectivity index (χ1) is 15.6. The SMILES string of the molecule is COC1CCC2=CC3=CCC4(C)C(c5ccc6ccncc6c5)CC[C@H]4[C@@]34CC[C@]2(C1)O4. The second kappa shape index (κ2) is 6.55. The molecule has 0 N–H and O–H groups in total. The molecular weight excluding hydrogens is 394 g/mol. The van der Waals surface area contributed by atoms with Crippen LogP contribution < -0.4 is 0 Å². The molecule has 2 aromatic rings. The van der Waals surface area contributed by atoms with Crippen LogP contribution >= 0.6 is 0 Å². The van der Waals surface area contributed by atoms with Gasteiger partial charge in [-0.1, -0.05) is 31.2 Å². The summed E-state index contributed by atoms with van der Waals surface area (Å²) in [6.07, 6.45) is 18.7. The number of rotatable bonds is 2. The van der Waals surface area contributed by atoms with E-state index >= 15 is 0 Å². The highest BCUT2D eigenvalue weighted by molar-refractivity contribution is 5.82.